The molecule has 3 aromatic heterocycles. The Hall–Kier alpha value is -4.67. The van der Waals surface area contributed by atoms with Crippen molar-refractivity contribution in [1.29, 1.82) is 0 Å². The van der Waals surface area contributed by atoms with Crippen LogP contribution >= 0.6 is 0 Å². The molecule has 186 valence electrons. The van der Waals surface area contributed by atoms with Crippen LogP contribution in [0.2, 0.25) is 0 Å². The third-order valence-corrected chi connectivity index (χ3v) is 5.82. The molecular weight excluding hydrogens is 483 g/mol. The summed E-state index contributed by atoms with van der Waals surface area (Å²) in [6, 6.07) is 9.88. The number of alkyl halides is 3. The van der Waals surface area contributed by atoms with Gasteiger partial charge in [0.05, 0.1) is 23.3 Å². The third kappa shape index (κ3) is 5.01. The normalized spacial score (nSPS) is 11.6. The summed E-state index contributed by atoms with van der Waals surface area (Å²) in [6.07, 6.45) is 1.65. The predicted molar refractivity (Wildman–Crippen MR) is 131 cm³/mol. The summed E-state index contributed by atoms with van der Waals surface area (Å²) in [5, 5.41) is 8.21. The molecule has 0 spiro atoms. The highest BCUT2D eigenvalue weighted by molar-refractivity contribution is 5.99. The molecule has 5 aromatic rings. The number of nitrogens with zero attached hydrogens (tertiary/aromatic N) is 6. The van der Waals surface area contributed by atoms with Crippen LogP contribution in [0.1, 0.15) is 27.0 Å². The number of carbonyl (C=O) groups excluding carboxylic acids is 1. The molecule has 0 saturated carbocycles. The lowest BCUT2D eigenvalue weighted by atomic mass is 9.99. The van der Waals surface area contributed by atoms with Crippen molar-refractivity contribution in [3.63, 3.8) is 0 Å². The van der Waals surface area contributed by atoms with Crippen LogP contribution < -0.4 is 5.32 Å². The average Bonchev–Trinajstić information content (AvgIpc) is 3.26. The zero-order valence-corrected chi connectivity index (χ0v) is 19.8. The van der Waals surface area contributed by atoms with E-state index in [0.717, 1.165) is 17.7 Å². The highest BCUT2D eigenvalue weighted by Crippen LogP contribution is 2.31. The van der Waals surface area contributed by atoms with Gasteiger partial charge in [-0.15, -0.1) is 0 Å². The fourth-order valence-electron chi connectivity index (χ4n) is 3.85. The van der Waals surface area contributed by atoms with Gasteiger partial charge in [0.25, 0.3) is 0 Å². The van der Waals surface area contributed by atoms with E-state index >= 15 is 0 Å². The highest BCUT2D eigenvalue weighted by Gasteiger charge is 2.30. The first-order valence-electron chi connectivity index (χ1n) is 11.2. The Labute approximate surface area is 209 Å². The van der Waals surface area contributed by atoms with Gasteiger partial charge in [-0.3, -0.25) is 14.5 Å². The summed E-state index contributed by atoms with van der Waals surface area (Å²) in [5.74, 6) is 0.502. The van der Waals surface area contributed by atoms with Crippen LogP contribution in [0, 0.1) is 6.92 Å². The SMILES string of the molecule is Cc1ccc(C(=O)Cc2cccc(C(F)(F)F)c2)cc1Nc1nc(-c2cnccn2)nc2c1cnn2C. The summed E-state index contributed by atoms with van der Waals surface area (Å²) in [6.45, 7) is 1.87. The van der Waals surface area contributed by atoms with Crippen molar-refractivity contribution in [3.05, 3.63) is 89.5 Å². The van der Waals surface area contributed by atoms with E-state index in [9.17, 15) is 18.0 Å². The van der Waals surface area contributed by atoms with Crippen LogP contribution in [0.25, 0.3) is 22.6 Å². The maximum atomic E-state index is 13.1. The smallest absolute Gasteiger partial charge is 0.339 e. The second-order valence-corrected chi connectivity index (χ2v) is 8.44. The number of anilines is 2. The van der Waals surface area contributed by atoms with Crippen LogP contribution in [-0.2, 0) is 19.6 Å². The quantitative estimate of drug-likeness (QED) is 0.313. The van der Waals surface area contributed by atoms with Gasteiger partial charge >= 0.3 is 6.18 Å². The summed E-state index contributed by atoms with van der Waals surface area (Å²) < 4.78 is 40.8. The minimum Gasteiger partial charge on any atom is -0.339 e. The highest BCUT2D eigenvalue weighted by atomic mass is 19.4. The van der Waals surface area contributed by atoms with Crippen molar-refractivity contribution in [1.82, 2.24) is 29.7 Å². The second-order valence-electron chi connectivity index (χ2n) is 8.44. The zero-order valence-electron chi connectivity index (χ0n) is 19.8. The molecule has 0 radical (unpaired) electrons. The first-order chi connectivity index (χ1) is 17.7. The Bertz CT molecular complexity index is 1610. The van der Waals surface area contributed by atoms with Crippen LogP contribution in [0.3, 0.4) is 0 Å². The number of carbonyl (C=O) groups is 1. The van der Waals surface area contributed by atoms with E-state index < -0.39 is 11.7 Å². The number of nitrogens with one attached hydrogen (secondary N) is 1. The number of hydrogen-bond acceptors (Lipinski definition) is 7. The Morgan fingerprint density at radius 2 is 1.89 bits per heavy atom. The van der Waals surface area contributed by atoms with Crippen molar-refractivity contribution < 1.29 is 18.0 Å². The number of halogens is 3. The molecule has 0 bridgehead atoms. The van der Waals surface area contributed by atoms with Crippen molar-refractivity contribution in [2.75, 3.05) is 5.32 Å². The molecule has 0 fully saturated rings. The molecule has 37 heavy (non-hydrogen) atoms. The van der Waals surface area contributed by atoms with Gasteiger partial charge < -0.3 is 5.32 Å². The maximum Gasteiger partial charge on any atom is 0.416 e. The van der Waals surface area contributed by atoms with Crippen LogP contribution in [0.15, 0.2) is 67.3 Å². The van der Waals surface area contributed by atoms with E-state index in [1.165, 1.54) is 12.1 Å². The lowest BCUT2D eigenvalue weighted by Crippen LogP contribution is -2.08. The molecular formula is C26H20F3N7O. The number of fused-ring (bicyclic) bond motifs is 1. The molecule has 0 unspecified atom stereocenters. The molecule has 0 atom stereocenters. The second kappa shape index (κ2) is 9.41. The molecule has 0 aliphatic carbocycles. The van der Waals surface area contributed by atoms with Gasteiger partial charge in [-0.2, -0.15) is 18.3 Å². The van der Waals surface area contributed by atoms with Crippen LogP contribution in [0.4, 0.5) is 24.7 Å². The minimum absolute atomic E-state index is 0.163. The maximum absolute atomic E-state index is 13.1. The largest absolute Gasteiger partial charge is 0.416 e. The summed E-state index contributed by atoms with van der Waals surface area (Å²) in [7, 11) is 1.76. The summed E-state index contributed by atoms with van der Waals surface area (Å²) >= 11 is 0. The van der Waals surface area contributed by atoms with Crippen molar-refractivity contribution >= 4 is 28.3 Å². The topological polar surface area (TPSA) is 98.5 Å². The Morgan fingerprint density at radius 3 is 2.65 bits per heavy atom. The van der Waals surface area contributed by atoms with Gasteiger partial charge in [-0.05, 0) is 30.2 Å². The van der Waals surface area contributed by atoms with E-state index in [4.69, 9.17) is 0 Å². The van der Waals surface area contributed by atoms with Gasteiger partial charge in [0.2, 0.25) is 0 Å². The predicted octanol–water partition coefficient (Wildman–Crippen LogP) is 5.32. The van der Waals surface area contributed by atoms with Gasteiger partial charge in [-0.1, -0.05) is 30.3 Å². The average molecular weight is 503 g/mol. The molecule has 5 rings (SSSR count). The Balaban J connectivity index is 1.47. The molecule has 3 heterocycles. The standard InChI is InChI=1S/C26H20F3N7O/c1-15-6-7-17(22(37)11-16-4-3-5-18(10-16)26(27,28)29)12-20(15)33-23-19-13-32-36(2)25(19)35-24(34-23)21-14-30-8-9-31-21/h3-10,12-14H,11H2,1-2H3,(H,33,34,35). The van der Waals surface area contributed by atoms with Crippen LogP contribution in [-0.4, -0.2) is 35.5 Å². The lowest BCUT2D eigenvalue weighted by Gasteiger charge is -2.13. The molecule has 1 N–H and O–H groups in total. The van der Waals surface area contributed by atoms with Gasteiger partial charge in [0.1, 0.15) is 11.5 Å². The van der Waals surface area contributed by atoms with Crippen molar-refractivity contribution in [2.24, 2.45) is 7.05 Å². The number of aromatic nitrogens is 6. The first-order valence-corrected chi connectivity index (χ1v) is 11.2. The Morgan fingerprint density at radius 1 is 1.05 bits per heavy atom. The summed E-state index contributed by atoms with van der Waals surface area (Å²) in [4.78, 5) is 30.5. The molecule has 0 aliphatic rings. The van der Waals surface area contributed by atoms with Crippen molar-refractivity contribution in [3.8, 4) is 11.5 Å². The molecule has 8 nitrogen and oxygen atoms in total. The van der Waals surface area contributed by atoms with Gasteiger partial charge in [0, 0.05) is 37.1 Å². The van der Waals surface area contributed by atoms with E-state index in [1.807, 2.05) is 6.92 Å². The molecule has 0 saturated heterocycles. The van der Waals surface area contributed by atoms with Crippen molar-refractivity contribution in [2.45, 2.75) is 19.5 Å². The summed E-state index contributed by atoms with van der Waals surface area (Å²) in [5.41, 5.74) is 2.37. The number of aryl methyl sites for hydroxylation is 2. The molecule has 11 heteroatoms. The fourth-order valence-corrected chi connectivity index (χ4v) is 3.85. The molecule has 0 aliphatic heterocycles. The molecule has 2 aromatic carbocycles. The monoisotopic (exact) mass is 503 g/mol. The molecule has 0 amide bonds. The van der Waals surface area contributed by atoms with E-state index in [0.29, 0.717) is 39.6 Å². The Kier molecular flexibility index (Phi) is 6.12. The van der Waals surface area contributed by atoms with Gasteiger partial charge in [-0.25, -0.2) is 15.0 Å². The van der Waals surface area contributed by atoms with E-state index in [2.05, 4.69) is 30.4 Å². The zero-order chi connectivity index (χ0) is 26.2. The number of hydrogen-bond donors (Lipinski definition) is 1. The number of Topliss-reactive ketones (excluding diaryl/α,β-unsaturated/α-hetero) is 1. The van der Waals surface area contributed by atoms with Gasteiger partial charge in [0.15, 0.2) is 17.3 Å². The van der Waals surface area contributed by atoms with Crippen LogP contribution in [0.5, 0.6) is 0 Å². The number of ketones is 1. The lowest BCUT2D eigenvalue weighted by molar-refractivity contribution is -0.137. The number of rotatable bonds is 6. The fraction of sp³-hybridized carbons (Fsp3) is 0.154. The third-order valence-electron chi connectivity index (χ3n) is 5.82. The minimum atomic E-state index is -4.47. The number of benzene rings is 2. The van der Waals surface area contributed by atoms with E-state index in [-0.39, 0.29) is 17.8 Å². The first kappa shape index (κ1) is 24.0. The van der Waals surface area contributed by atoms with E-state index in [1.54, 1.807) is 54.7 Å².